The average Bonchev–Trinajstić information content (AvgIpc) is 2.59. The van der Waals surface area contributed by atoms with E-state index in [4.69, 9.17) is 4.74 Å². The molecular formula is C19H15O4-. The average molecular weight is 307 g/mol. The summed E-state index contributed by atoms with van der Waals surface area (Å²) >= 11 is 0. The number of carbonyl (C=O) groups is 2. The van der Waals surface area contributed by atoms with E-state index >= 15 is 0 Å². The lowest BCUT2D eigenvalue weighted by atomic mass is 10.0. The number of carbonyl (C=O) groups excluding carboxylic acids is 2. The van der Waals surface area contributed by atoms with Crippen LogP contribution in [0.25, 0.3) is 12.2 Å². The molecule has 2 aromatic rings. The van der Waals surface area contributed by atoms with Crippen LogP contribution in [0.1, 0.15) is 11.1 Å². The zero-order chi connectivity index (χ0) is 16.7. The first kappa shape index (κ1) is 16.2. The van der Waals surface area contributed by atoms with E-state index < -0.39 is 11.9 Å². The lowest BCUT2D eigenvalue weighted by Gasteiger charge is -2.12. The van der Waals surface area contributed by atoms with E-state index in [1.54, 1.807) is 48.5 Å². The summed E-state index contributed by atoms with van der Waals surface area (Å²) in [5, 5.41) is 11.5. The van der Waals surface area contributed by atoms with Crippen LogP contribution in [0.15, 0.2) is 71.8 Å². The van der Waals surface area contributed by atoms with Crippen LogP contribution in [0.3, 0.4) is 0 Å². The molecule has 0 saturated carbocycles. The predicted molar refractivity (Wildman–Crippen MR) is 85.9 cm³/mol. The Labute approximate surface area is 134 Å². The van der Waals surface area contributed by atoms with Crippen molar-refractivity contribution in [1.82, 2.24) is 0 Å². The Morgan fingerprint density at radius 1 is 0.826 bits per heavy atom. The third kappa shape index (κ3) is 4.41. The minimum absolute atomic E-state index is 0.0671. The van der Waals surface area contributed by atoms with Crippen LogP contribution in [-0.4, -0.2) is 19.0 Å². The number of carboxylic acid groups (broad SMARTS) is 1. The molecule has 0 fully saturated rings. The van der Waals surface area contributed by atoms with Gasteiger partial charge in [-0.15, -0.1) is 0 Å². The first-order chi connectivity index (χ1) is 11.1. The fourth-order valence-electron chi connectivity index (χ4n) is 2.04. The number of ether oxygens (including phenoxy) is 1. The summed E-state index contributed by atoms with van der Waals surface area (Å²) in [5.74, 6) is -2.18. The Balaban J connectivity index is 2.55. The molecule has 0 N–H and O–H groups in total. The van der Waals surface area contributed by atoms with Crippen molar-refractivity contribution in [3.05, 3.63) is 82.9 Å². The van der Waals surface area contributed by atoms with E-state index in [2.05, 4.69) is 0 Å². The van der Waals surface area contributed by atoms with Crippen molar-refractivity contribution in [3.63, 3.8) is 0 Å². The van der Waals surface area contributed by atoms with Crippen LogP contribution < -0.4 is 5.11 Å². The third-order valence-electron chi connectivity index (χ3n) is 3.14. The molecule has 0 aliphatic heterocycles. The van der Waals surface area contributed by atoms with E-state index in [1.165, 1.54) is 19.3 Å². The molecule has 23 heavy (non-hydrogen) atoms. The molecule has 0 aliphatic rings. The number of rotatable bonds is 5. The zero-order valence-electron chi connectivity index (χ0n) is 12.6. The van der Waals surface area contributed by atoms with Gasteiger partial charge in [0.25, 0.3) is 0 Å². The topological polar surface area (TPSA) is 66.4 Å². The molecule has 0 amide bonds. The fourth-order valence-corrected chi connectivity index (χ4v) is 2.04. The Morgan fingerprint density at radius 3 is 1.65 bits per heavy atom. The summed E-state index contributed by atoms with van der Waals surface area (Å²) in [7, 11) is 1.20. The number of benzene rings is 2. The van der Waals surface area contributed by atoms with Gasteiger partial charge in [-0.1, -0.05) is 60.7 Å². The number of aliphatic carboxylic acids is 1. The molecule has 0 atom stereocenters. The second kappa shape index (κ2) is 7.75. The Kier molecular flexibility index (Phi) is 5.47. The maximum Gasteiger partial charge on any atom is 0.338 e. The smallest absolute Gasteiger partial charge is 0.338 e. The van der Waals surface area contributed by atoms with E-state index in [9.17, 15) is 14.7 Å². The van der Waals surface area contributed by atoms with Gasteiger partial charge < -0.3 is 14.6 Å². The fraction of sp³-hybridized carbons (Fsp3) is 0.0526. The Bertz CT molecular complexity index is 743. The van der Waals surface area contributed by atoms with Gasteiger partial charge in [0.1, 0.15) is 0 Å². The molecule has 2 aromatic carbocycles. The molecule has 116 valence electrons. The van der Waals surface area contributed by atoms with Gasteiger partial charge in [-0.05, 0) is 23.3 Å². The van der Waals surface area contributed by atoms with Crippen LogP contribution in [0.5, 0.6) is 0 Å². The highest BCUT2D eigenvalue weighted by atomic mass is 16.5. The lowest BCUT2D eigenvalue weighted by Crippen LogP contribution is -2.27. The van der Waals surface area contributed by atoms with E-state index in [0.29, 0.717) is 11.1 Å². The van der Waals surface area contributed by atoms with E-state index in [0.717, 1.165) is 0 Å². The molecule has 0 unspecified atom stereocenters. The van der Waals surface area contributed by atoms with Gasteiger partial charge in [-0.25, -0.2) is 4.79 Å². The third-order valence-corrected chi connectivity index (χ3v) is 3.14. The first-order valence-electron chi connectivity index (χ1n) is 6.95. The van der Waals surface area contributed by atoms with Gasteiger partial charge in [-0.3, -0.25) is 0 Å². The SMILES string of the molecule is COC(=O)/C(=C/c1ccccc1)C(=Cc1ccccc1)C(=O)[O-]. The van der Waals surface area contributed by atoms with Crippen molar-refractivity contribution >= 4 is 24.1 Å². The molecule has 4 nitrogen and oxygen atoms in total. The maximum atomic E-state index is 12.0. The van der Waals surface area contributed by atoms with Gasteiger partial charge in [-0.2, -0.15) is 0 Å². The van der Waals surface area contributed by atoms with Crippen LogP contribution in [0.4, 0.5) is 0 Å². The molecule has 0 spiro atoms. The highest BCUT2D eigenvalue weighted by Crippen LogP contribution is 2.19. The largest absolute Gasteiger partial charge is 0.545 e. The molecule has 2 rings (SSSR count). The summed E-state index contributed by atoms with van der Waals surface area (Å²) < 4.78 is 4.71. The van der Waals surface area contributed by atoms with Crippen LogP contribution >= 0.6 is 0 Å². The number of hydrogen-bond acceptors (Lipinski definition) is 4. The second-order valence-corrected chi connectivity index (χ2v) is 4.72. The highest BCUT2D eigenvalue weighted by Gasteiger charge is 2.16. The number of hydrogen-bond donors (Lipinski definition) is 0. The van der Waals surface area contributed by atoms with Crippen LogP contribution in [0, 0.1) is 0 Å². The Hall–Kier alpha value is -3.14. The van der Waals surface area contributed by atoms with Crippen molar-refractivity contribution in [2.24, 2.45) is 0 Å². The van der Waals surface area contributed by atoms with Crippen LogP contribution in [-0.2, 0) is 14.3 Å². The lowest BCUT2D eigenvalue weighted by molar-refractivity contribution is -0.298. The summed E-state index contributed by atoms with van der Waals surface area (Å²) in [5.41, 5.74) is 1.04. The van der Waals surface area contributed by atoms with Crippen molar-refractivity contribution in [2.75, 3.05) is 7.11 Å². The van der Waals surface area contributed by atoms with E-state index in [-0.39, 0.29) is 11.1 Å². The summed E-state index contributed by atoms with van der Waals surface area (Å²) in [6, 6.07) is 17.8. The zero-order valence-corrected chi connectivity index (χ0v) is 12.6. The van der Waals surface area contributed by atoms with Gasteiger partial charge >= 0.3 is 5.97 Å². The van der Waals surface area contributed by atoms with Gasteiger partial charge in [0.2, 0.25) is 0 Å². The second-order valence-electron chi connectivity index (χ2n) is 4.72. The van der Waals surface area contributed by atoms with Crippen LogP contribution in [0.2, 0.25) is 0 Å². The predicted octanol–water partition coefficient (Wildman–Crippen LogP) is 2.08. The van der Waals surface area contributed by atoms with Gasteiger partial charge in [0.15, 0.2) is 0 Å². The monoisotopic (exact) mass is 307 g/mol. The van der Waals surface area contributed by atoms with Crippen molar-refractivity contribution in [3.8, 4) is 0 Å². The molecule has 0 radical (unpaired) electrons. The highest BCUT2D eigenvalue weighted by molar-refractivity contribution is 6.11. The number of carboxylic acids is 1. The number of methoxy groups -OCH3 is 1. The van der Waals surface area contributed by atoms with E-state index in [1.807, 2.05) is 12.1 Å². The quantitative estimate of drug-likeness (QED) is 0.482. The molecule has 0 heterocycles. The normalized spacial score (nSPS) is 11.9. The van der Waals surface area contributed by atoms with Crippen molar-refractivity contribution in [2.45, 2.75) is 0 Å². The standard InChI is InChI=1S/C19H16O4/c1-23-19(22)17(13-15-10-6-3-7-11-15)16(18(20)21)12-14-8-4-2-5-9-14/h2-13H,1H3,(H,20,21)/p-1/b16-12?,17-13+. The minimum Gasteiger partial charge on any atom is -0.545 e. The summed E-state index contributed by atoms with van der Waals surface area (Å²) in [4.78, 5) is 23.6. The molecule has 0 bridgehead atoms. The summed E-state index contributed by atoms with van der Waals surface area (Å²) in [6.07, 6.45) is 2.86. The molecule has 0 saturated heterocycles. The summed E-state index contributed by atoms with van der Waals surface area (Å²) in [6.45, 7) is 0. The van der Waals surface area contributed by atoms with Crippen molar-refractivity contribution < 1.29 is 19.4 Å². The maximum absolute atomic E-state index is 12.0. The molecular weight excluding hydrogens is 292 g/mol. The van der Waals surface area contributed by atoms with Gasteiger partial charge in [0, 0.05) is 5.57 Å². The van der Waals surface area contributed by atoms with Gasteiger partial charge in [0.05, 0.1) is 18.7 Å². The van der Waals surface area contributed by atoms with Crippen molar-refractivity contribution in [1.29, 1.82) is 0 Å². The molecule has 0 aromatic heterocycles. The minimum atomic E-state index is -1.44. The number of esters is 1. The first-order valence-corrected chi connectivity index (χ1v) is 6.95. The molecule has 0 aliphatic carbocycles. The Morgan fingerprint density at radius 2 is 1.26 bits per heavy atom. The molecule has 4 heteroatoms.